The molecule has 0 aliphatic heterocycles. The number of hydrogen-bond acceptors (Lipinski definition) is 7. The van der Waals surface area contributed by atoms with Crippen molar-refractivity contribution in [3.8, 4) is 34.3 Å². The topological polar surface area (TPSA) is 115 Å². The van der Waals surface area contributed by atoms with Crippen LogP contribution in [0.4, 0.5) is 0 Å². The normalized spacial score (nSPS) is 17.8. The van der Waals surface area contributed by atoms with Crippen LogP contribution in [-0.2, 0) is 4.79 Å². The Kier molecular flexibility index (Phi) is 5.41. The van der Waals surface area contributed by atoms with Crippen molar-refractivity contribution in [2.45, 2.75) is 18.9 Å². The van der Waals surface area contributed by atoms with Crippen molar-refractivity contribution >= 4 is 28.5 Å². The van der Waals surface area contributed by atoms with E-state index in [1.807, 2.05) is 0 Å². The summed E-state index contributed by atoms with van der Waals surface area (Å²) in [6, 6.07) is 7.17. The minimum Gasteiger partial charge on any atom is -0.507 e. The molecule has 3 aromatic rings. The highest BCUT2D eigenvalue weighted by Crippen LogP contribution is 2.43. The molecule has 0 saturated heterocycles. The van der Waals surface area contributed by atoms with E-state index < -0.39 is 17.3 Å². The zero-order valence-electron chi connectivity index (χ0n) is 16.7. The van der Waals surface area contributed by atoms with E-state index >= 15 is 0 Å². The van der Waals surface area contributed by atoms with Gasteiger partial charge in [-0.05, 0) is 31.0 Å². The molecule has 4 rings (SSSR count). The highest BCUT2D eigenvalue weighted by Gasteiger charge is 2.36. The predicted molar refractivity (Wildman–Crippen MR) is 112 cm³/mol. The van der Waals surface area contributed by atoms with Gasteiger partial charge in [0.15, 0.2) is 22.5 Å². The molecule has 162 valence electrons. The van der Waals surface area contributed by atoms with Crippen LogP contribution in [0, 0.1) is 5.92 Å². The molecule has 8 nitrogen and oxygen atoms in total. The van der Waals surface area contributed by atoms with Gasteiger partial charge in [0.2, 0.25) is 0 Å². The molecule has 0 atom stereocenters. The highest BCUT2D eigenvalue weighted by molar-refractivity contribution is 6.35. The van der Waals surface area contributed by atoms with Gasteiger partial charge in [-0.3, -0.25) is 9.59 Å². The lowest BCUT2D eigenvalue weighted by Gasteiger charge is -2.33. The molecule has 2 aromatic carbocycles. The Labute approximate surface area is 181 Å². The summed E-state index contributed by atoms with van der Waals surface area (Å²) in [5.74, 6) is -0.282. The Balaban J connectivity index is 1.84. The van der Waals surface area contributed by atoms with Crippen LogP contribution in [0.5, 0.6) is 23.0 Å². The summed E-state index contributed by atoms with van der Waals surface area (Å²) in [6.45, 7) is 0. The minimum absolute atomic E-state index is 0.0255. The molecule has 9 heteroatoms. The standard InChI is InChI=1S/C22H19ClO8/c1-28-18-7-12(16-8-15(25)20-14(24)4-3-13(23)21(20)31-16)17(9-19(18)29-2)30-11-5-10(6-11)22(26)27/h3-4,7-11,24H,5-6H2,1-2H3,(H,26,27). The Morgan fingerprint density at radius 3 is 2.42 bits per heavy atom. The molecule has 1 aromatic heterocycles. The number of aromatic hydroxyl groups is 1. The number of carboxylic acids is 1. The maximum absolute atomic E-state index is 12.7. The Hall–Kier alpha value is -3.39. The molecule has 0 bridgehead atoms. The van der Waals surface area contributed by atoms with Gasteiger partial charge in [-0.2, -0.15) is 0 Å². The van der Waals surface area contributed by atoms with Crippen LogP contribution in [0.15, 0.2) is 39.5 Å². The van der Waals surface area contributed by atoms with Crippen LogP contribution < -0.4 is 19.6 Å². The number of fused-ring (bicyclic) bond motifs is 1. The van der Waals surface area contributed by atoms with Crippen molar-refractivity contribution < 1.29 is 33.6 Å². The van der Waals surface area contributed by atoms with E-state index in [4.69, 9.17) is 35.3 Å². The maximum Gasteiger partial charge on any atom is 0.306 e. The van der Waals surface area contributed by atoms with Crippen molar-refractivity contribution in [2.75, 3.05) is 14.2 Å². The van der Waals surface area contributed by atoms with Crippen molar-refractivity contribution in [2.24, 2.45) is 5.92 Å². The van der Waals surface area contributed by atoms with Gasteiger partial charge in [-0.1, -0.05) is 11.6 Å². The van der Waals surface area contributed by atoms with Crippen molar-refractivity contribution in [1.82, 2.24) is 0 Å². The van der Waals surface area contributed by atoms with Crippen molar-refractivity contribution in [3.05, 3.63) is 45.6 Å². The number of carbonyl (C=O) groups is 1. The van der Waals surface area contributed by atoms with E-state index in [1.54, 1.807) is 12.1 Å². The van der Waals surface area contributed by atoms with E-state index in [9.17, 15) is 14.7 Å². The number of carboxylic acid groups (broad SMARTS) is 1. The molecule has 1 aliphatic rings. The molecule has 1 fully saturated rings. The van der Waals surface area contributed by atoms with Crippen LogP contribution in [0.1, 0.15) is 12.8 Å². The third kappa shape index (κ3) is 3.74. The molecule has 1 aliphatic carbocycles. The number of ether oxygens (including phenoxy) is 3. The lowest BCUT2D eigenvalue weighted by molar-refractivity contribution is -0.147. The van der Waals surface area contributed by atoms with Gasteiger partial charge in [0.05, 0.1) is 30.7 Å². The first-order valence-electron chi connectivity index (χ1n) is 9.43. The molecule has 0 spiro atoms. The Bertz CT molecular complexity index is 1230. The lowest BCUT2D eigenvalue weighted by Crippen LogP contribution is -2.38. The van der Waals surface area contributed by atoms with Crippen LogP contribution >= 0.6 is 11.6 Å². The number of hydrogen-bond donors (Lipinski definition) is 2. The SMILES string of the molecule is COc1cc(OC2CC(C(=O)O)C2)c(-c2cc(=O)c3c(O)ccc(Cl)c3o2)cc1OC. The average molecular weight is 447 g/mol. The monoisotopic (exact) mass is 446 g/mol. The number of phenols is 1. The van der Waals surface area contributed by atoms with Crippen LogP contribution in [0.2, 0.25) is 5.02 Å². The fourth-order valence-electron chi connectivity index (χ4n) is 3.54. The fourth-order valence-corrected chi connectivity index (χ4v) is 3.74. The van der Waals surface area contributed by atoms with E-state index in [0.29, 0.717) is 35.7 Å². The average Bonchev–Trinajstić information content (AvgIpc) is 2.71. The molecule has 0 amide bonds. The van der Waals surface area contributed by atoms with Gasteiger partial charge >= 0.3 is 5.97 Å². The zero-order valence-corrected chi connectivity index (χ0v) is 17.4. The second-order valence-corrected chi connectivity index (χ2v) is 7.60. The van der Waals surface area contributed by atoms with Gasteiger partial charge < -0.3 is 28.8 Å². The summed E-state index contributed by atoms with van der Waals surface area (Å²) < 4.78 is 22.6. The quantitative estimate of drug-likeness (QED) is 0.582. The number of methoxy groups -OCH3 is 2. The highest BCUT2D eigenvalue weighted by atomic mass is 35.5. The summed E-state index contributed by atoms with van der Waals surface area (Å²) in [7, 11) is 2.95. The third-order valence-corrected chi connectivity index (χ3v) is 5.59. The maximum atomic E-state index is 12.7. The van der Waals surface area contributed by atoms with E-state index in [2.05, 4.69) is 0 Å². The molecule has 0 radical (unpaired) electrons. The summed E-state index contributed by atoms with van der Waals surface area (Å²) in [5.41, 5.74) is -0.0408. The molecular weight excluding hydrogens is 428 g/mol. The van der Waals surface area contributed by atoms with Gasteiger partial charge in [0.25, 0.3) is 0 Å². The smallest absolute Gasteiger partial charge is 0.306 e. The Morgan fingerprint density at radius 1 is 1.10 bits per heavy atom. The molecule has 0 unspecified atom stereocenters. The van der Waals surface area contributed by atoms with Crippen LogP contribution in [-0.4, -0.2) is 36.5 Å². The van der Waals surface area contributed by atoms with Crippen LogP contribution in [0.25, 0.3) is 22.3 Å². The summed E-state index contributed by atoms with van der Waals surface area (Å²) in [5, 5.41) is 19.3. The first-order chi connectivity index (χ1) is 14.8. The third-order valence-electron chi connectivity index (χ3n) is 5.30. The lowest BCUT2D eigenvalue weighted by atomic mass is 9.82. The first-order valence-corrected chi connectivity index (χ1v) is 9.81. The summed E-state index contributed by atoms with van der Waals surface area (Å²) >= 11 is 6.19. The van der Waals surface area contributed by atoms with E-state index in [0.717, 1.165) is 0 Å². The second-order valence-electron chi connectivity index (χ2n) is 7.20. The molecule has 31 heavy (non-hydrogen) atoms. The van der Waals surface area contributed by atoms with Crippen molar-refractivity contribution in [1.29, 1.82) is 0 Å². The van der Waals surface area contributed by atoms with Gasteiger partial charge in [0, 0.05) is 12.1 Å². The van der Waals surface area contributed by atoms with Gasteiger partial charge in [-0.25, -0.2) is 0 Å². The van der Waals surface area contributed by atoms with Gasteiger partial charge in [-0.15, -0.1) is 0 Å². The number of halogens is 1. The van der Waals surface area contributed by atoms with Gasteiger partial charge in [0.1, 0.15) is 28.7 Å². The van der Waals surface area contributed by atoms with E-state index in [1.165, 1.54) is 32.4 Å². The fraction of sp³-hybridized carbons (Fsp3) is 0.273. The molecule has 1 saturated carbocycles. The van der Waals surface area contributed by atoms with Crippen molar-refractivity contribution in [3.63, 3.8) is 0 Å². The summed E-state index contributed by atoms with van der Waals surface area (Å²) in [4.78, 5) is 23.8. The van der Waals surface area contributed by atoms with E-state index in [-0.39, 0.29) is 33.6 Å². The number of aliphatic carboxylic acids is 1. The minimum atomic E-state index is -0.859. The summed E-state index contributed by atoms with van der Waals surface area (Å²) in [6.07, 6.45) is 0.423. The molecule has 1 heterocycles. The predicted octanol–water partition coefficient (Wildman–Crippen LogP) is 4.08. The first kappa shape index (κ1) is 20.9. The number of phenolic OH excluding ortho intramolecular Hbond substituents is 1. The largest absolute Gasteiger partial charge is 0.507 e. The second kappa shape index (κ2) is 8.03. The number of rotatable bonds is 6. The number of benzene rings is 2. The Morgan fingerprint density at radius 2 is 1.77 bits per heavy atom. The molecule has 2 N–H and O–H groups in total. The molecular formula is C22H19ClO8. The van der Waals surface area contributed by atoms with Crippen LogP contribution in [0.3, 0.4) is 0 Å². The zero-order chi connectivity index (χ0) is 22.3.